The molecule has 0 aliphatic carbocycles. The van der Waals surface area contributed by atoms with Crippen LogP contribution in [0.15, 0.2) is 0 Å². The average Bonchev–Trinajstić information content (AvgIpc) is 2.18. The van der Waals surface area contributed by atoms with E-state index in [-0.39, 0.29) is 36.6 Å². The lowest BCUT2D eigenvalue weighted by Crippen LogP contribution is -2.43. The Balaban J connectivity index is 4.90. The van der Waals surface area contributed by atoms with E-state index < -0.39 is 5.41 Å². The molecular formula is C14H30O3. The molecular weight excluding hydrogens is 216 g/mol. The quantitative estimate of drug-likeness (QED) is 0.672. The molecule has 0 bridgehead atoms. The summed E-state index contributed by atoms with van der Waals surface area (Å²) in [5, 5.41) is 28.3. The third kappa shape index (κ3) is 3.67. The Labute approximate surface area is 106 Å². The minimum absolute atomic E-state index is 0.0664. The highest BCUT2D eigenvalue weighted by Crippen LogP contribution is 2.46. The lowest BCUT2D eigenvalue weighted by Gasteiger charge is -2.45. The molecule has 3 N–H and O–H groups in total. The van der Waals surface area contributed by atoms with Crippen LogP contribution in [0.2, 0.25) is 0 Å². The Bertz CT molecular complexity index is 216. The van der Waals surface area contributed by atoms with Crippen molar-refractivity contribution < 1.29 is 15.3 Å². The van der Waals surface area contributed by atoms with Gasteiger partial charge in [-0.25, -0.2) is 0 Å². The molecule has 0 saturated carbocycles. The first kappa shape index (κ1) is 16.9. The van der Waals surface area contributed by atoms with Crippen molar-refractivity contribution in [3.63, 3.8) is 0 Å². The molecule has 0 spiro atoms. The van der Waals surface area contributed by atoms with Gasteiger partial charge in [0, 0.05) is 5.41 Å². The van der Waals surface area contributed by atoms with Gasteiger partial charge in [-0.3, -0.25) is 0 Å². The summed E-state index contributed by atoms with van der Waals surface area (Å²) >= 11 is 0. The first-order valence-corrected chi connectivity index (χ1v) is 6.39. The van der Waals surface area contributed by atoms with Gasteiger partial charge in [0.1, 0.15) is 0 Å². The molecule has 1 unspecified atom stereocenters. The van der Waals surface area contributed by atoms with Crippen molar-refractivity contribution >= 4 is 0 Å². The van der Waals surface area contributed by atoms with E-state index in [2.05, 4.69) is 34.6 Å². The van der Waals surface area contributed by atoms with Gasteiger partial charge in [0.15, 0.2) is 0 Å². The van der Waals surface area contributed by atoms with Crippen LogP contribution in [0.1, 0.15) is 48.0 Å². The van der Waals surface area contributed by atoms with Crippen LogP contribution >= 0.6 is 0 Å². The van der Waals surface area contributed by atoms with E-state index in [1.807, 2.05) is 6.92 Å². The molecule has 17 heavy (non-hydrogen) atoms. The summed E-state index contributed by atoms with van der Waals surface area (Å²) in [6, 6.07) is 0. The van der Waals surface area contributed by atoms with Crippen LogP contribution in [0.4, 0.5) is 0 Å². The molecule has 0 amide bonds. The van der Waals surface area contributed by atoms with Crippen LogP contribution in [0.5, 0.6) is 0 Å². The summed E-state index contributed by atoms with van der Waals surface area (Å²) < 4.78 is 0. The molecule has 3 heteroatoms. The molecule has 0 rings (SSSR count). The van der Waals surface area contributed by atoms with Gasteiger partial charge in [-0.1, -0.05) is 41.5 Å². The lowest BCUT2D eigenvalue weighted by molar-refractivity contribution is -0.0552. The molecule has 0 fully saturated rings. The summed E-state index contributed by atoms with van der Waals surface area (Å²) in [5.74, 6) is 0.0664. The van der Waals surface area contributed by atoms with E-state index in [0.29, 0.717) is 0 Å². The van der Waals surface area contributed by atoms with E-state index in [1.165, 1.54) is 0 Å². The summed E-state index contributed by atoms with van der Waals surface area (Å²) in [6.07, 6.45) is 0.859. The van der Waals surface area contributed by atoms with Crippen LogP contribution in [0.3, 0.4) is 0 Å². The third-order valence-electron chi connectivity index (χ3n) is 4.84. The van der Waals surface area contributed by atoms with Crippen LogP contribution < -0.4 is 0 Å². The second kappa shape index (κ2) is 5.68. The number of aliphatic hydroxyl groups excluding tert-OH is 3. The summed E-state index contributed by atoms with van der Waals surface area (Å²) in [7, 11) is 0. The molecule has 0 aromatic heterocycles. The monoisotopic (exact) mass is 246 g/mol. The fourth-order valence-corrected chi connectivity index (χ4v) is 1.91. The van der Waals surface area contributed by atoms with Crippen molar-refractivity contribution in [3.8, 4) is 0 Å². The van der Waals surface area contributed by atoms with Gasteiger partial charge in [0.25, 0.3) is 0 Å². The maximum Gasteiger partial charge on any atom is 0.0534 e. The van der Waals surface area contributed by atoms with E-state index in [4.69, 9.17) is 0 Å². The van der Waals surface area contributed by atoms with Gasteiger partial charge < -0.3 is 15.3 Å². The second-order valence-electron chi connectivity index (χ2n) is 7.08. The molecule has 0 saturated heterocycles. The van der Waals surface area contributed by atoms with E-state index >= 15 is 0 Å². The minimum Gasteiger partial charge on any atom is -0.396 e. The normalized spacial score (nSPS) is 16.1. The SMILES string of the molecule is CC(CC(C)(C)C(C)(C)C)C(CO)(CO)CO. The molecule has 0 heterocycles. The largest absolute Gasteiger partial charge is 0.396 e. The van der Waals surface area contributed by atoms with Gasteiger partial charge in [-0.15, -0.1) is 0 Å². The Hall–Kier alpha value is -0.120. The summed E-state index contributed by atoms with van der Waals surface area (Å²) in [6.45, 7) is 12.4. The Morgan fingerprint density at radius 1 is 0.824 bits per heavy atom. The fraction of sp³-hybridized carbons (Fsp3) is 1.00. The van der Waals surface area contributed by atoms with Crippen LogP contribution in [0, 0.1) is 22.2 Å². The van der Waals surface area contributed by atoms with E-state index in [1.54, 1.807) is 0 Å². The number of hydrogen-bond donors (Lipinski definition) is 3. The Morgan fingerprint density at radius 2 is 1.18 bits per heavy atom. The Morgan fingerprint density at radius 3 is 1.41 bits per heavy atom. The summed E-state index contributed by atoms with van der Waals surface area (Å²) in [4.78, 5) is 0. The highest BCUT2D eigenvalue weighted by molar-refractivity contribution is 4.90. The highest BCUT2D eigenvalue weighted by atomic mass is 16.3. The number of hydrogen-bond acceptors (Lipinski definition) is 3. The van der Waals surface area contributed by atoms with Crippen molar-refractivity contribution in [1.82, 2.24) is 0 Å². The van der Waals surface area contributed by atoms with Crippen LogP contribution in [-0.2, 0) is 0 Å². The first-order valence-electron chi connectivity index (χ1n) is 6.39. The van der Waals surface area contributed by atoms with Crippen LogP contribution in [-0.4, -0.2) is 35.1 Å². The van der Waals surface area contributed by atoms with Gasteiger partial charge in [-0.2, -0.15) is 0 Å². The zero-order chi connectivity index (χ0) is 13.9. The van der Waals surface area contributed by atoms with Crippen molar-refractivity contribution in [2.24, 2.45) is 22.2 Å². The van der Waals surface area contributed by atoms with E-state index in [0.717, 1.165) is 6.42 Å². The molecule has 104 valence electrons. The molecule has 3 nitrogen and oxygen atoms in total. The fourth-order valence-electron chi connectivity index (χ4n) is 1.91. The average molecular weight is 246 g/mol. The van der Waals surface area contributed by atoms with Crippen molar-refractivity contribution in [2.75, 3.05) is 19.8 Å². The molecule has 0 aromatic rings. The molecule has 0 radical (unpaired) electrons. The lowest BCUT2D eigenvalue weighted by atomic mass is 9.61. The van der Waals surface area contributed by atoms with Crippen molar-refractivity contribution in [3.05, 3.63) is 0 Å². The predicted octanol–water partition coefficient (Wildman–Crippen LogP) is 2.05. The smallest absolute Gasteiger partial charge is 0.0534 e. The minimum atomic E-state index is -0.775. The van der Waals surface area contributed by atoms with Gasteiger partial charge >= 0.3 is 0 Å². The first-order chi connectivity index (χ1) is 7.56. The molecule has 0 aliphatic rings. The Kier molecular flexibility index (Phi) is 5.64. The van der Waals surface area contributed by atoms with Crippen molar-refractivity contribution in [2.45, 2.75) is 48.0 Å². The zero-order valence-corrected chi connectivity index (χ0v) is 12.2. The molecule has 1 atom stereocenters. The third-order valence-corrected chi connectivity index (χ3v) is 4.84. The zero-order valence-electron chi connectivity index (χ0n) is 12.2. The van der Waals surface area contributed by atoms with Gasteiger partial charge in [0.2, 0.25) is 0 Å². The predicted molar refractivity (Wildman–Crippen MR) is 70.7 cm³/mol. The summed E-state index contributed by atoms with van der Waals surface area (Å²) in [5.41, 5.74) is -0.549. The number of rotatable bonds is 6. The van der Waals surface area contributed by atoms with Crippen LogP contribution in [0.25, 0.3) is 0 Å². The van der Waals surface area contributed by atoms with E-state index in [9.17, 15) is 15.3 Å². The van der Waals surface area contributed by atoms with Gasteiger partial charge in [0.05, 0.1) is 19.8 Å². The highest BCUT2D eigenvalue weighted by Gasteiger charge is 2.41. The maximum absolute atomic E-state index is 9.43. The topological polar surface area (TPSA) is 60.7 Å². The second-order valence-corrected chi connectivity index (χ2v) is 7.08. The molecule has 0 aliphatic heterocycles. The maximum atomic E-state index is 9.43. The standard InChI is InChI=1S/C14H30O3/c1-11(14(8-15,9-16)10-17)7-13(5,6)12(2,3)4/h11,15-17H,7-10H2,1-6H3. The number of aliphatic hydroxyl groups is 3. The molecule has 0 aromatic carbocycles. The van der Waals surface area contributed by atoms with Crippen molar-refractivity contribution in [1.29, 1.82) is 0 Å². The van der Waals surface area contributed by atoms with Gasteiger partial charge in [-0.05, 0) is 23.2 Å².